The van der Waals surface area contributed by atoms with Crippen molar-refractivity contribution in [1.29, 1.82) is 0 Å². The minimum atomic E-state index is -0.749. The molecule has 0 spiro atoms. The first-order valence-corrected chi connectivity index (χ1v) is 6.59. The Morgan fingerprint density at radius 3 is 2.65 bits per heavy atom. The van der Waals surface area contributed by atoms with Crippen LogP contribution < -0.4 is 16.6 Å². The van der Waals surface area contributed by atoms with E-state index in [2.05, 4.69) is 20.7 Å². The number of nitrogens with zero attached hydrogens (tertiary/aromatic N) is 2. The maximum absolute atomic E-state index is 9.89. The van der Waals surface area contributed by atoms with Gasteiger partial charge in [0.05, 0.1) is 5.60 Å². The first-order chi connectivity index (χ1) is 8.00. The van der Waals surface area contributed by atoms with Gasteiger partial charge in [-0.3, -0.25) is 0 Å². The van der Waals surface area contributed by atoms with E-state index >= 15 is 0 Å². The van der Waals surface area contributed by atoms with E-state index in [0.29, 0.717) is 29.8 Å². The van der Waals surface area contributed by atoms with Crippen LogP contribution in [0.15, 0.2) is 11.2 Å². The van der Waals surface area contributed by atoms with Crippen LogP contribution in [0.4, 0.5) is 11.6 Å². The fourth-order valence-electron chi connectivity index (χ4n) is 1.09. The monoisotopic (exact) mass is 257 g/mol. The number of nitrogen functional groups attached to an aromatic ring is 1. The summed E-state index contributed by atoms with van der Waals surface area (Å²) in [4.78, 5) is 8.42. The maximum Gasteiger partial charge on any atom is 0.191 e. The Kier molecular flexibility index (Phi) is 4.98. The van der Waals surface area contributed by atoms with E-state index in [0.717, 1.165) is 0 Å². The molecule has 7 heteroatoms. The SMILES string of the molecule is CCC(C)(O)CNc1cc(NN)nc(SC)n1. The van der Waals surface area contributed by atoms with E-state index in [4.69, 9.17) is 5.84 Å². The molecule has 6 nitrogen and oxygen atoms in total. The summed E-state index contributed by atoms with van der Waals surface area (Å²) in [5.74, 6) is 6.51. The zero-order valence-corrected chi connectivity index (χ0v) is 11.1. The van der Waals surface area contributed by atoms with Crippen molar-refractivity contribution >= 4 is 23.4 Å². The number of nitrogens with one attached hydrogen (secondary N) is 2. The van der Waals surface area contributed by atoms with E-state index in [1.165, 1.54) is 11.8 Å². The predicted octanol–water partition coefficient (Wildman–Crippen LogP) is 1.06. The van der Waals surface area contributed by atoms with Gasteiger partial charge in [-0.05, 0) is 19.6 Å². The molecule has 1 aromatic heterocycles. The molecule has 5 N–H and O–H groups in total. The summed E-state index contributed by atoms with van der Waals surface area (Å²) in [6.45, 7) is 4.14. The summed E-state index contributed by atoms with van der Waals surface area (Å²) in [6, 6.07) is 1.70. The van der Waals surface area contributed by atoms with Crippen LogP contribution in [0.1, 0.15) is 20.3 Å². The third-order valence-electron chi connectivity index (χ3n) is 2.45. The molecule has 1 atom stereocenters. The molecule has 0 aliphatic carbocycles. The second-order valence-electron chi connectivity index (χ2n) is 3.97. The number of anilines is 2. The van der Waals surface area contributed by atoms with Crippen LogP contribution in [0.5, 0.6) is 0 Å². The van der Waals surface area contributed by atoms with Gasteiger partial charge in [0.1, 0.15) is 11.6 Å². The molecule has 0 fully saturated rings. The van der Waals surface area contributed by atoms with Crippen LogP contribution in [0.3, 0.4) is 0 Å². The van der Waals surface area contributed by atoms with Gasteiger partial charge in [-0.15, -0.1) is 0 Å². The van der Waals surface area contributed by atoms with E-state index in [-0.39, 0.29) is 0 Å². The third-order valence-corrected chi connectivity index (χ3v) is 3.00. The van der Waals surface area contributed by atoms with Crippen LogP contribution in [0.2, 0.25) is 0 Å². The van der Waals surface area contributed by atoms with Crippen LogP contribution in [-0.2, 0) is 0 Å². The average Bonchev–Trinajstić information content (AvgIpc) is 2.36. The first-order valence-electron chi connectivity index (χ1n) is 5.36. The molecule has 96 valence electrons. The number of hydrazine groups is 1. The van der Waals surface area contributed by atoms with E-state index in [1.807, 2.05) is 13.2 Å². The molecule has 0 bridgehead atoms. The molecule has 17 heavy (non-hydrogen) atoms. The van der Waals surface area contributed by atoms with Crippen molar-refractivity contribution in [1.82, 2.24) is 9.97 Å². The zero-order chi connectivity index (χ0) is 12.9. The molecular weight excluding hydrogens is 238 g/mol. The summed E-state index contributed by atoms with van der Waals surface area (Å²) in [5.41, 5.74) is 1.74. The topological polar surface area (TPSA) is 96.1 Å². The van der Waals surface area contributed by atoms with Crippen molar-refractivity contribution in [3.05, 3.63) is 6.07 Å². The summed E-state index contributed by atoms with van der Waals surface area (Å²) in [5, 5.41) is 13.6. The van der Waals surface area contributed by atoms with Gasteiger partial charge >= 0.3 is 0 Å². The number of hydrogen-bond donors (Lipinski definition) is 4. The zero-order valence-electron chi connectivity index (χ0n) is 10.3. The van der Waals surface area contributed by atoms with Crippen molar-refractivity contribution < 1.29 is 5.11 Å². The number of rotatable bonds is 6. The summed E-state index contributed by atoms with van der Waals surface area (Å²) < 4.78 is 0. The average molecular weight is 257 g/mol. The Labute approximate surface area is 105 Å². The van der Waals surface area contributed by atoms with Gasteiger partial charge in [-0.2, -0.15) is 0 Å². The van der Waals surface area contributed by atoms with Gasteiger partial charge in [0.25, 0.3) is 0 Å². The number of aromatic nitrogens is 2. The Hall–Kier alpha value is -1.05. The molecule has 0 amide bonds. The van der Waals surface area contributed by atoms with Gasteiger partial charge in [0.15, 0.2) is 5.16 Å². The number of hydrogen-bond acceptors (Lipinski definition) is 7. The lowest BCUT2D eigenvalue weighted by atomic mass is 10.0. The largest absolute Gasteiger partial charge is 0.388 e. The number of nitrogens with two attached hydrogens (primary N) is 1. The van der Waals surface area contributed by atoms with Crippen LogP contribution >= 0.6 is 11.8 Å². The van der Waals surface area contributed by atoms with Crippen molar-refractivity contribution in [2.45, 2.75) is 31.0 Å². The van der Waals surface area contributed by atoms with Crippen molar-refractivity contribution in [3.63, 3.8) is 0 Å². The summed E-state index contributed by atoms with van der Waals surface area (Å²) >= 11 is 1.43. The summed E-state index contributed by atoms with van der Waals surface area (Å²) in [7, 11) is 0. The molecule has 0 aromatic carbocycles. The lowest BCUT2D eigenvalue weighted by Gasteiger charge is -2.22. The fourth-order valence-corrected chi connectivity index (χ4v) is 1.47. The van der Waals surface area contributed by atoms with Crippen molar-refractivity contribution in [2.75, 3.05) is 23.5 Å². The van der Waals surface area contributed by atoms with Gasteiger partial charge in [0, 0.05) is 12.6 Å². The van der Waals surface area contributed by atoms with Crippen LogP contribution in [0.25, 0.3) is 0 Å². The highest BCUT2D eigenvalue weighted by Crippen LogP contribution is 2.17. The second kappa shape index (κ2) is 6.04. The smallest absolute Gasteiger partial charge is 0.191 e. The highest BCUT2D eigenvalue weighted by atomic mass is 32.2. The quantitative estimate of drug-likeness (QED) is 0.262. The maximum atomic E-state index is 9.89. The molecule has 0 saturated heterocycles. The molecule has 1 heterocycles. The Balaban J connectivity index is 2.76. The lowest BCUT2D eigenvalue weighted by Crippen LogP contribution is -2.32. The van der Waals surface area contributed by atoms with E-state index < -0.39 is 5.60 Å². The molecule has 1 aromatic rings. The highest BCUT2D eigenvalue weighted by molar-refractivity contribution is 7.98. The molecule has 1 rings (SSSR count). The normalized spacial score (nSPS) is 14.2. The molecule has 1 unspecified atom stereocenters. The standard InChI is InChI=1S/C10H19N5OS/c1-4-10(2,16)6-12-7-5-8(15-11)14-9(13-7)17-3/h5,16H,4,6,11H2,1-3H3,(H2,12,13,14,15). The van der Waals surface area contributed by atoms with Gasteiger partial charge in [-0.25, -0.2) is 15.8 Å². The highest BCUT2D eigenvalue weighted by Gasteiger charge is 2.17. The van der Waals surface area contributed by atoms with Crippen molar-refractivity contribution in [3.8, 4) is 0 Å². The number of aliphatic hydroxyl groups is 1. The van der Waals surface area contributed by atoms with Gasteiger partial charge in [0.2, 0.25) is 0 Å². The first kappa shape index (κ1) is 14.0. The Morgan fingerprint density at radius 1 is 1.47 bits per heavy atom. The van der Waals surface area contributed by atoms with E-state index in [1.54, 1.807) is 13.0 Å². The fraction of sp³-hybridized carbons (Fsp3) is 0.600. The molecule has 0 aliphatic heterocycles. The van der Waals surface area contributed by atoms with Gasteiger partial charge in [-0.1, -0.05) is 18.7 Å². The van der Waals surface area contributed by atoms with E-state index in [9.17, 15) is 5.11 Å². The minimum absolute atomic E-state index is 0.429. The second-order valence-corrected chi connectivity index (χ2v) is 4.75. The van der Waals surface area contributed by atoms with Crippen molar-refractivity contribution in [2.24, 2.45) is 5.84 Å². The van der Waals surface area contributed by atoms with Gasteiger partial charge < -0.3 is 15.8 Å². The summed E-state index contributed by atoms with van der Waals surface area (Å²) in [6.07, 6.45) is 2.56. The molecule has 0 aliphatic rings. The predicted molar refractivity (Wildman–Crippen MR) is 71.0 cm³/mol. The molecular formula is C10H19N5OS. The Morgan fingerprint density at radius 2 is 2.12 bits per heavy atom. The minimum Gasteiger partial charge on any atom is -0.388 e. The van der Waals surface area contributed by atoms with Crippen LogP contribution in [-0.4, -0.2) is 33.5 Å². The third kappa shape index (κ3) is 4.37. The Bertz CT molecular complexity index is 349. The number of thioether (sulfide) groups is 1. The molecule has 0 radical (unpaired) electrons. The van der Waals surface area contributed by atoms with Crippen LogP contribution in [0, 0.1) is 0 Å². The molecule has 0 saturated carbocycles. The lowest BCUT2D eigenvalue weighted by molar-refractivity contribution is 0.0696.